The first kappa shape index (κ1) is 21.3. The number of nitrogens with zero attached hydrogens (tertiary/aromatic N) is 2. The van der Waals surface area contributed by atoms with Crippen LogP contribution in [0.1, 0.15) is 35.5 Å². The Morgan fingerprint density at radius 2 is 2.07 bits per heavy atom. The molecular weight excluding hydrogens is 406 g/mol. The van der Waals surface area contributed by atoms with Crippen LogP contribution in [-0.2, 0) is 0 Å². The minimum atomic E-state index is -0.464. The van der Waals surface area contributed by atoms with Gasteiger partial charge in [-0.1, -0.05) is 6.92 Å². The van der Waals surface area contributed by atoms with E-state index in [1.807, 2.05) is 19.9 Å². The number of fused-ring (bicyclic) bond motifs is 1. The van der Waals surface area contributed by atoms with Crippen LogP contribution in [-0.4, -0.2) is 30.3 Å². The minimum absolute atomic E-state index is 0.0139. The molecule has 0 unspecified atom stereocenters. The van der Waals surface area contributed by atoms with E-state index in [-0.39, 0.29) is 11.8 Å². The number of hydrogen-bond donors (Lipinski definition) is 1. The molecule has 9 heteroatoms. The van der Waals surface area contributed by atoms with Crippen molar-refractivity contribution < 1.29 is 19.2 Å². The fourth-order valence-electron chi connectivity index (χ4n) is 2.64. The lowest BCUT2D eigenvalue weighted by molar-refractivity contribution is -0.384. The van der Waals surface area contributed by atoms with E-state index in [2.05, 4.69) is 10.5 Å². The molecule has 30 heavy (non-hydrogen) atoms. The third kappa shape index (κ3) is 4.93. The average molecular weight is 427 g/mol. The number of nitro benzene ring substituents is 1. The Hall–Kier alpha value is -3.46. The van der Waals surface area contributed by atoms with Crippen LogP contribution in [0.25, 0.3) is 10.1 Å². The summed E-state index contributed by atoms with van der Waals surface area (Å²) in [5, 5.41) is 15.5. The molecule has 0 bridgehead atoms. The van der Waals surface area contributed by atoms with Crippen molar-refractivity contribution in [2.45, 2.75) is 26.4 Å². The van der Waals surface area contributed by atoms with Crippen LogP contribution in [0, 0.1) is 10.1 Å². The molecule has 1 amide bonds. The predicted molar refractivity (Wildman–Crippen MR) is 117 cm³/mol. The molecule has 0 spiro atoms. The van der Waals surface area contributed by atoms with Gasteiger partial charge >= 0.3 is 0 Å². The molecule has 1 N–H and O–H groups in total. The van der Waals surface area contributed by atoms with Gasteiger partial charge in [-0.15, -0.1) is 11.3 Å². The molecule has 3 aromatic rings. The van der Waals surface area contributed by atoms with E-state index in [9.17, 15) is 14.9 Å². The highest BCUT2D eigenvalue weighted by Crippen LogP contribution is 2.30. The summed E-state index contributed by atoms with van der Waals surface area (Å²) >= 11 is 1.24. The number of nitrogens with one attached hydrogen (secondary N) is 1. The minimum Gasteiger partial charge on any atom is -0.493 e. The second-order valence-electron chi connectivity index (χ2n) is 6.54. The molecule has 0 radical (unpaired) electrons. The number of methoxy groups -OCH3 is 1. The first-order valence-electron chi connectivity index (χ1n) is 9.27. The number of benzene rings is 2. The Morgan fingerprint density at radius 3 is 2.77 bits per heavy atom. The van der Waals surface area contributed by atoms with Gasteiger partial charge in [0.15, 0.2) is 11.5 Å². The highest BCUT2D eigenvalue weighted by Gasteiger charge is 2.13. The third-order valence-electron chi connectivity index (χ3n) is 4.40. The summed E-state index contributed by atoms with van der Waals surface area (Å²) in [4.78, 5) is 23.2. The number of hydrogen-bond acceptors (Lipinski definition) is 7. The van der Waals surface area contributed by atoms with E-state index in [1.165, 1.54) is 29.7 Å². The second kappa shape index (κ2) is 9.36. The maximum absolute atomic E-state index is 12.4. The molecule has 1 aromatic heterocycles. The summed E-state index contributed by atoms with van der Waals surface area (Å²) in [6, 6.07) is 11.5. The standard InChI is InChI=1S/C21H21N3O5S/c1-4-13(2)29-17-7-5-14(9-18(17)28-3)12-22-23-21(25)20-11-15-10-16(24(26)27)6-8-19(15)30-20/h5-13H,4H2,1-3H3,(H,23,25)/b22-12-/t13-/m1/s1. The zero-order chi connectivity index (χ0) is 21.7. The van der Waals surface area contributed by atoms with Crippen molar-refractivity contribution in [3.05, 3.63) is 63.0 Å². The molecule has 0 aliphatic heterocycles. The van der Waals surface area contributed by atoms with Gasteiger partial charge in [-0.05, 0) is 49.2 Å². The van der Waals surface area contributed by atoms with Crippen molar-refractivity contribution in [3.8, 4) is 11.5 Å². The van der Waals surface area contributed by atoms with Crippen molar-refractivity contribution in [1.82, 2.24) is 5.43 Å². The van der Waals surface area contributed by atoms with E-state index in [4.69, 9.17) is 9.47 Å². The van der Waals surface area contributed by atoms with Gasteiger partial charge in [0.2, 0.25) is 0 Å². The van der Waals surface area contributed by atoms with Gasteiger partial charge in [0.1, 0.15) is 0 Å². The quantitative estimate of drug-likeness (QED) is 0.317. The molecule has 0 fully saturated rings. The van der Waals surface area contributed by atoms with Crippen LogP contribution in [0.15, 0.2) is 47.6 Å². The average Bonchev–Trinajstić information content (AvgIpc) is 3.17. The first-order chi connectivity index (χ1) is 14.4. The number of amides is 1. The van der Waals surface area contributed by atoms with E-state index in [1.54, 1.807) is 31.4 Å². The number of nitro groups is 1. The molecule has 0 saturated carbocycles. The Bertz CT molecular complexity index is 1110. The number of rotatable bonds is 8. The summed E-state index contributed by atoms with van der Waals surface area (Å²) in [5.41, 5.74) is 3.19. The summed E-state index contributed by atoms with van der Waals surface area (Å²) in [5.74, 6) is 0.836. The Labute approximate surface area is 177 Å². The zero-order valence-corrected chi connectivity index (χ0v) is 17.6. The number of non-ortho nitro benzene ring substituents is 1. The van der Waals surface area contributed by atoms with E-state index in [0.717, 1.165) is 16.7 Å². The number of ether oxygens (including phenoxy) is 2. The van der Waals surface area contributed by atoms with Crippen molar-refractivity contribution in [2.75, 3.05) is 7.11 Å². The fourth-order valence-corrected chi connectivity index (χ4v) is 3.57. The molecule has 3 rings (SSSR count). The lowest BCUT2D eigenvalue weighted by Crippen LogP contribution is -2.16. The monoisotopic (exact) mass is 427 g/mol. The maximum Gasteiger partial charge on any atom is 0.281 e. The van der Waals surface area contributed by atoms with Gasteiger partial charge in [-0.2, -0.15) is 5.10 Å². The number of thiophene rings is 1. The second-order valence-corrected chi connectivity index (χ2v) is 7.62. The van der Waals surface area contributed by atoms with Gasteiger partial charge in [0.05, 0.1) is 29.2 Å². The fraction of sp³-hybridized carbons (Fsp3) is 0.238. The molecule has 1 atom stereocenters. The summed E-state index contributed by atoms with van der Waals surface area (Å²) in [6.45, 7) is 4.02. The molecule has 1 heterocycles. The summed E-state index contributed by atoms with van der Waals surface area (Å²) in [7, 11) is 1.56. The number of carbonyl (C=O) groups is 1. The van der Waals surface area contributed by atoms with E-state index in [0.29, 0.717) is 21.8 Å². The van der Waals surface area contributed by atoms with Crippen molar-refractivity contribution in [1.29, 1.82) is 0 Å². The first-order valence-corrected chi connectivity index (χ1v) is 10.1. The number of carbonyl (C=O) groups excluding carboxylic acids is 1. The highest BCUT2D eigenvalue weighted by atomic mass is 32.1. The molecule has 2 aromatic carbocycles. The van der Waals surface area contributed by atoms with Gasteiger partial charge < -0.3 is 9.47 Å². The Balaban J connectivity index is 1.69. The van der Waals surface area contributed by atoms with Crippen LogP contribution in [0.4, 0.5) is 5.69 Å². The molecule has 0 saturated heterocycles. The van der Waals surface area contributed by atoms with Crippen LogP contribution < -0.4 is 14.9 Å². The van der Waals surface area contributed by atoms with Gasteiger partial charge in [0, 0.05) is 22.2 Å². The van der Waals surface area contributed by atoms with Crippen LogP contribution in [0.2, 0.25) is 0 Å². The normalized spacial score (nSPS) is 12.1. The molecule has 0 aliphatic carbocycles. The van der Waals surface area contributed by atoms with Gasteiger partial charge in [-0.25, -0.2) is 5.43 Å². The van der Waals surface area contributed by atoms with Crippen LogP contribution in [0.5, 0.6) is 11.5 Å². The predicted octanol–water partition coefficient (Wildman–Crippen LogP) is 4.76. The summed E-state index contributed by atoms with van der Waals surface area (Å²) in [6.07, 6.45) is 2.45. The van der Waals surface area contributed by atoms with E-state index >= 15 is 0 Å². The SMILES string of the molecule is CC[C@@H](C)Oc1ccc(/C=N\NC(=O)c2cc3cc([N+](=O)[O-])ccc3s2)cc1OC. The molecule has 0 aliphatic rings. The molecule has 8 nitrogen and oxygen atoms in total. The third-order valence-corrected chi connectivity index (χ3v) is 5.52. The molecular formula is C21H21N3O5S. The maximum atomic E-state index is 12.4. The van der Waals surface area contributed by atoms with Crippen LogP contribution in [0.3, 0.4) is 0 Å². The van der Waals surface area contributed by atoms with Gasteiger partial charge in [-0.3, -0.25) is 14.9 Å². The lowest BCUT2D eigenvalue weighted by Gasteiger charge is -2.15. The Morgan fingerprint density at radius 1 is 1.27 bits per heavy atom. The lowest BCUT2D eigenvalue weighted by atomic mass is 10.2. The zero-order valence-electron chi connectivity index (χ0n) is 16.7. The topological polar surface area (TPSA) is 103 Å². The number of hydrazone groups is 1. The Kier molecular flexibility index (Phi) is 6.63. The summed E-state index contributed by atoms with van der Waals surface area (Å²) < 4.78 is 12.0. The highest BCUT2D eigenvalue weighted by molar-refractivity contribution is 7.20. The smallest absolute Gasteiger partial charge is 0.281 e. The van der Waals surface area contributed by atoms with Crippen molar-refractivity contribution in [3.63, 3.8) is 0 Å². The largest absolute Gasteiger partial charge is 0.493 e. The van der Waals surface area contributed by atoms with Crippen molar-refractivity contribution >= 4 is 39.2 Å². The van der Waals surface area contributed by atoms with Crippen LogP contribution >= 0.6 is 11.3 Å². The molecule has 156 valence electrons. The van der Waals surface area contributed by atoms with Gasteiger partial charge in [0.25, 0.3) is 11.6 Å². The van der Waals surface area contributed by atoms with E-state index < -0.39 is 10.8 Å². The van der Waals surface area contributed by atoms with Crippen molar-refractivity contribution in [2.24, 2.45) is 5.10 Å².